The van der Waals surface area contributed by atoms with Gasteiger partial charge in [-0.3, -0.25) is 0 Å². The van der Waals surface area contributed by atoms with Crippen LogP contribution in [0.15, 0.2) is 18.2 Å². The second-order valence-electron chi connectivity index (χ2n) is 5.54. The van der Waals surface area contributed by atoms with Crippen LogP contribution < -0.4 is 5.32 Å². The van der Waals surface area contributed by atoms with Gasteiger partial charge in [0.05, 0.1) is 11.0 Å². The number of aryl methyl sites for hydroxylation is 1. The lowest BCUT2D eigenvalue weighted by atomic mass is 10.2. The molecule has 0 spiro atoms. The Kier molecular flexibility index (Phi) is 3.71. The standard InChI is InChI=1S/C15H23N3/c1-10(2)15-17-13-7-6-12(9-16-11(3)4)8-14(13)18(15)5/h6-8,10-11,16H,9H2,1-5H3. The lowest BCUT2D eigenvalue weighted by molar-refractivity contribution is 0.589. The Balaban J connectivity index is 2.35. The molecule has 1 N–H and O–H groups in total. The van der Waals surface area contributed by atoms with Crippen molar-refractivity contribution in [3.8, 4) is 0 Å². The van der Waals surface area contributed by atoms with Crippen molar-refractivity contribution in [3.63, 3.8) is 0 Å². The molecule has 2 rings (SSSR count). The Morgan fingerprint density at radius 1 is 1.22 bits per heavy atom. The lowest BCUT2D eigenvalue weighted by Gasteiger charge is -2.08. The topological polar surface area (TPSA) is 29.9 Å². The van der Waals surface area contributed by atoms with E-state index in [-0.39, 0.29) is 0 Å². The van der Waals surface area contributed by atoms with Crippen LogP contribution in [0.3, 0.4) is 0 Å². The number of nitrogens with one attached hydrogen (secondary N) is 1. The third kappa shape index (κ3) is 2.56. The van der Waals surface area contributed by atoms with Crippen molar-refractivity contribution in [1.82, 2.24) is 14.9 Å². The summed E-state index contributed by atoms with van der Waals surface area (Å²) < 4.78 is 2.21. The van der Waals surface area contributed by atoms with Gasteiger partial charge < -0.3 is 9.88 Å². The SMILES string of the molecule is CC(C)NCc1ccc2nc(C(C)C)n(C)c2c1. The molecule has 3 heteroatoms. The summed E-state index contributed by atoms with van der Waals surface area (Å²) in [7, 11) is 2.10. The van der Waals surface area contributed by atoms with Crippen molar-refractivity contribution in [2.24, 2.45) is 7.05 Å². The van der Waals surface area contributed by atoms with Crippen molar-refractivity contribution < 1.29 is 0 Å². The molecule has 1 heterocycles. The van der Waals surface area contributed by atoms with Gasteiger partial charge in [0.25, 0.3) is 0 Å². The number of imidazole rings is 1. The third-order valence-electron chi connectivity index (χ3n) is 3.21. The zero-order valence-corrected chi connectivity index (χ0v) is 12.0. The summed E-state index contributed by atoms with van der Waals surface area (Å²) in [5, 5.41) is 3.45. The first-order valence-electron chi connectivity index (χ1n) is 6.67. The molecule has 0 bridgehead atoms. The molecular formula is C15H23N3. The van der Waals surface area contributed by atoms with Crippen LogP contribution in [0.25, 0.3) is 11.0 Å². The molecule has 0 aliphatic rings. The van der Waals surface area contributed by atoms with Crippen molar-refractivity contribution in [1.29, 1.82) is 0 Å². The normalized spacial score (nSPS) is 11.9. The summed E-state index contributed by atoms with van der Waals surface area (Å²) in [6, 6.07) is 7.04. The van der Waals surface area contributed by atoms with E-state index in [1.165, 1.54) is 11.1 Å². The van der Waals surface area contributed by atoms with Crippen LogP contribution in [0.5, 0.6) is 0 Å². The second-order valence-corrected chi connectivity index (χ2v) is 5.54. The molecule has 0 saturated carbocycles. The van der Waals surface area contributed by atoms with E-state index in [4.69, 9.17) is 4.98 Å². The summed E-state index contributed by atoms with van der Waals surface area (Å²) in [6.45, 7) is 9.61. The number of hydrogen-bond acceptors (Lipinski definition) is 2. The number of hydrogen-bond donors (Lipinski definition) is 1. The fourth-order valence-electron chi connectivity index (χ4n) is 2.20. The molecule has 0 radical (unpaired) electrons. The molecule has 0 fully saturated rings. The van der Waals surface area contributed by atoms with E-state index < -0.39 is 0 Å². The minimum absolute atomic E-state index is 0.458. The van der Waals surface area contributed by atoms with Gasteiger partial charge in [0.15, 0.2) is 0 Å². The molecule has 0 aliphatic carbocycles. The second kappa shape index (κ2) is 5.11. The summed E-state index contributed by atoms with van der Waals surface area (Å²) in [4.78, 5) is 4.69. The molecule has 3 nitrogen and oxygen atoms in total. The van der Waals surface area contributed by atoms with Gasteiger partial charge in [0.2, 0.25) is 0 Å². The summed E-state index contributed by atoms with van der Waals surface area (Å²) in [6.07, 6.45) is 0. The van der Waals surface area contributed by atoms with Gasteiger partial charge in [-0.1, -0.05) is 33.8 Å². The van der Waals surface area contributed by atoms with Crippen molar-refractivity contribution >= 4 is 11.0 Å². The molecule has 18 heavy (non-hydrogen) atoms. The number of nitrogens with zero attached hydrogens (tertiary/aromatic N) is 2. The summed E-state index contributed by atoms with van der Waals surface area (Å²) >= 11 is 0. The van der Waals surface area contributed by atoms with E-state index in [0.717, 1.165) is 17.9 Å². The van der Waals surface area contributed by atoms with E-state index in [1.54, 1.807) is 0 Å². The Hall–Kier alpha value is -1.35. The van der Waals surface area contributed by atoms with Gasteiger partial charge in [-0.25, -0.2) is 4.98 Å². The van der Waals surface area contributed by atoms with Crippen LogP contribution in [-0.4, -0.2) is 15.6 Å². The monoisotopic (exact) mass is 245 g/mol. The van der Waals surface area contributed by atoms with Crippen LogP contribution in [0.4, 0.5) is 0 Å². The van der Waals surface area contributed by atoms with Gasteiger partial charge in [0.1, 0.15) is 5.82 Å². The Bertz CT molecular complexity index is 538. The molecule has 0 amide bonds. The summed E-state index contributed by atoms with van der Waals surface area (Å²) in [5.74, 6) is 1.61. The van der Waals surface area contributed by atoms with Gasteiger partial charge >= 0.3 is 0 Å². The van der Waals surface area contributed by atoms with Crippen molar-refractivity contribution in [2.75, 3.05) is 0 Å². The van der Waals surface area contributed by atoms with Gasteiger partial charge in [0, 0.05) is 25.6 Å². The number of benzene rings is 1. The van der Waals surface area contributed by atoms with Crippen LogP contribution in [0.2, 0.25) is 0 Å². The quantitative estimate of drug-likeness (QED) is 0.896. The zero-order valence-electron chi connectivity index (χ0n) is 12.0. The van der Waals surface area contributed by atoms with E-state index in [2.05, 4.69) is 62.8 Å². The highest BCUT2D eigenvalue weighted by molar-refractivity contribution is 5.77. The highest BCUT2D eigenvalue weighted by Gasteiger charge is 2.11. The fraction of sp³-hybridized carbons (Fsp3) is 0.533. The smallest absolute Gasteiger partial charge is 0.112 e. The predicted molar refractivity (Wildman–Crippen MR) is 76.8 cm³/mol. The average molecular weight is 245 g/mol. The maximum atomic E-state index is 4.69. The molecular weight excluding hydrogens is 222 g/mol. The van der Waals surface area contributed by atoms with E-state index in [0.29, 0.717) is 12.0 Å². The number of aromatic nitrogens is 2. The van der Waals surface area contributed by atoms with Gasteiger partial charge in [-0.15, -0.1) is 0 Å². The summed E-state index contributed by atoms with van der Waals surface area (Å²) in [5.41, 5.74) is 3.63. The first-order chi connectivity index (χ1) is 8.49. The van der Waals surface area contributed by atoms with Crippen LogP contribution in [0.1, 0.15) is 45.0 Å². The minimum Gasteiger partial charge on any atom is -0.331 e. The zero-order chi connectivity index (χ0) is 13.3. The number of rotatable bonds is 4. The Morgan fingerprint density at radius 2 is 1.94 bits per heavy atom. The van der Waals surface area contributed by atoms with E-state index in [1.807, 2.05) is 0 Å². The van der Waals surface area contributed by atoms with E-state index >= 15 is 0 Å². The van der Waals surface area contributed by atoms with Crippen LogP contribution >= 0.6 is 0 Å². The van der Waals surface area contributed by atoms with Crippen molar-refractivity contribution in [2.45, 2.75) is 46.2 Å². The molecule has 0 aliphatic heterocycles. The molecule has 1 aromatic carbocycles. The molecule has 1 aromatic heterocycles. The van der Waals surface area contributed by atoms with E-state index in [9.17, 15) is 0 Å². The van der Waals surface area contributed by atoms with Crippen molar-refractivity contribution in [3.05, 3.63) is 29.6 Å². The Labute approximate surface area is 109 Å². The van der Waals surface area contributed by atoms with Crippen LogP contribution in [-0.2, 0) is 13.6 Å². The maximum Gasteiger partial charge on any atom is 0.112 e. The average Bonchev–Trinajstić information content (AvgIpc) is 2.64. The highest BCUT2D eigenvalue weighted by Crippen LogP contribution is 2.21. The minimum atomic E-state index is 0.458. The molecule has 2 aromatic rings. The number of fused-ring (bicyclic) bond motifs is 1. The molecule has 98 valence electrons. The predicted octanol–water partition coefficient (Wildman–Crippen LogP) is 3.19. The molecule has 0 saturated heterocycles. The molecule has 0 atom stereocenters. The Morgan fingerprint density at radius 3 is 2.56 bits per heavy atom. The first kappa shape index (κ1) is 13.1. The largest absolute Gasteiger partial charge is 0.331 e. The fourth-order valence-corrected chi connectivity index (χ4v) is 2.20. The van der Waals surface area contributed by atoms with Gasteiger partial charge in [-0.05, 0) is 17.7 Å². The molecule has 0 unspecified atom stereocenters. The van der Waals surface area contributed by atoms with Crippen LogP contribution in [0, 0.1) is 0 Å². The lowest BCUT2D eigenvalue weighted by Crippen LogP contribution is -2.21. The third-order valence-corrected chi connectivity index (χ3v) is 3.21. The van der Waals surface area contributed by atoms with Gasteiger partial charge in [-0.2, -0.15) is 0 Å². The highest BCUT2D eigenvalue weighted by atomic mass is 15.1. The first-order valence-corrected chi connectivity index (χ1v) is 6.67. The maximum absolute atomic E-state index is 4.69.